The first-order chi connectivity index (χ1) is 5.66. The molecule has 1 rings (SSSR count). The fraction of sp³-hybridized carbons (Fsp3) is 0.889. The molecule has 1 aliphatic rings. The summed E-state index contributed by atoms with van der Waals surface area (Å²) in [7, 11) is 0. The summed E-state index contributed by atoms with van der Waals surface area (Å²) in [5, 5.41) is 8.71. The Balaban J connectivity index is 2.56. The highest BCUT2D eigenvalue weighted by Gasteiger charge is 2.35. The van der Waals surface area contributed by atoms with E-state index in [1.54, 1.807) is 6.92 Å². The maximum absolute atomic E-state index is 13.4. The average molecular weight is 170 g/mol. The molecule has 1 aliphatic carbocycles. The van der Waals surface area contributed by atoms with Crippen LogP contribution < -0.4 is 5.73 Å². The normalized spacial score (nSPS) is 34.2. The SMILES string of the molecule is C[C@H](N)[C@@H](F)C1CCCC1C#N. The third-order valence-electron chi connectivity index (χ3n) is 2.65. The monoisotopic (exact) mass is 170 g/mol. The van der Waals surface area contributed by atoms with Gasteiger partial charge in [-0.1, -0.05) is 6.42 Å². The number of hydrogen-bond acceptors (Lipinski definition) is 2. The van der Waals surface area contributed by atoms with Crippen LogP contribution in [0.3, 0.4) is 0 Å². The minimum absolute atomic E-state index is 0.106. The zero-order valence-corrected chi connectivity index (χ0v) is 7.33. The van der Waals surface area contributed by atoms with E-state index in [0.29, 0.717) is 0 Å². The molecule has 0 bridgehead atoms. The van der Waals surface area contributed by atoms with E-state index in [9.17, 15) is 4.39 Å². The number of nitrogens with zero attached hydrogens (tertiary/aromatic N) is 1. The summed E-state index contributed by atoms with van der Waals surface area (Å²) in [4.78, 5) is 0. The van der Waals surface area contributed by atoms with Crippen molar-refractivity contribution < 1.29 is 4.39 Å². The Morgan fingerprint density at radius 2 is 2.25 bits per heavy atom. The summed E-state index contributed by atoms with van der Waals surface area (Å²) in [6, 6.07) is 1.71. The molecule has 68 valence electrons. The van der Waals surface area contributed by atoms with Crippen LogP contribution in [0.5, 0.6) is 0 Å². The Labute approximate surface area is 72.6 Å². The Hall–Kier alpha value is -0.620. The summed E-state index contributed by atoms with van der Waals surface area (Å²) in [5.74, 6) is -0.221. The van der Waals surface area contributed by atoms with Crippen molar-refractivity contribution in [1.82, 2.24) is 0 Å². The fourth-order valence-electron chi connectivity index (χ4n) is 1.92. The van der Waals surface area contributed by atoms with Gasteiger partial charge in [0.25, 0.3) is 0 Å². The first kappa shape index (κ1) is 9.47. The molecule has 0 heterocycles. The van der Waals surface area contributed by atoms with Crippen molar-refractivity contribution in [3.63, 3.8) is 0 Å². The highest BCUT2D eigenvalue weighted by molar-refractivity contribution is 4.96. The lowest BCUT2D eigenvalue weighted by molar-refractivity contribution is 0.180. The molecule has 0 saturated heterocycles. The lowest BCUT2D eigenvalue weighted by Crippen LogP contribution is -2.35. The summed E-state index contributed by atoms with van der Waals surface area (Å²) in [5.41, 5.74) is 5.45. The second-order valence-electron chi connectivity index (χ2n) is 3.63. The fourth-order valence-corrected chi connectivity index (χ4v) is 1.92. The summed E-state index contributed by atoms with van der Waals surface area (Å²) in [6.45, 7) is 1.66. The van der Waals surface area contributed by atoms with Crippen LogP contribution in [0.15, 0.2) is 0 Å². The number of nitriles is 1. The molecule has 1 saturated carbocycles. The molecule has 0 aromatic rings. The van der Waals surface area contributed by atoms with Crippen LogP contribution in [-0.4, -0.2) is 12.2 Å². The van der Waals surface area contributed by atoms with Crippen LogP contribution >= 0.6 is 0 Å². The smallest absolute Gasteiger partial charge is 0.119 e. The van der Waals surface area contributed by atoms with Gasteiger partial charge in [-0.25, -0.2) is 4.39 Å². The first-order valence-electron chi connectivity index (χ1n) is 4.46. The number of halogens is 1. The van der Waals surface area contributed by atoms with Gasteiger partial charge in [0.2, 0.25) is 0 Å². The van der Waals surface area contributed by atoms with Crippen molar-refractivity contribution in [1.29, 1.82) is 5.26 Å². The van der Waals surface area contributed by atoms with E-state index in [1.807, 2.05) is 0 Å². The molecule has 0 aliphatic heterocycles. The van der Waals surface area contributed by atoms with Gasteiger partial charge in [-0.2, -0.15) is 5.26 Å². The molecule has 2 nitrogen and oxygen atoms in total. The molecule has 3 heteroatoms. The van der Waals surface area contributed by atoms with Crippen molar-refractivity contribution in [2.75, 3.05) is 0 Å². The summed E-state index contributed by atoms with van der Waals surface area (Å²) in [6.07, 6.45) is 1.63. The maximum atomic E-state index is 13.4. The number of rotatable bonds is 2. The molecule has 12 heavy (non-hydrogen) atoms. The highest BCUT2D eigenvalue weighted by Crippen LogP contribution is 2.35. The van der Waals surface area contributed by atoms with Crippen molar-refractivity contribution >= 4 is 0 Å². The largest absolute Gasteiger partial charge is 0.325 e. The molecule has 4 atom stereocenters. The van der Waals surface area contributed by atoms with Gasteiger partial charge in [-0.15, -0.1) is 0 Å². The van der Waals surface area contributed by atoms with E-state index < -0.39 is 12.2 Å². The lowest BCUT2D eigenvalue weighted by atomic mass is 9.90. The van der Waals surface area contributed by atoms with Crippen molar-refractivity contribution in [3.05, 3.63) is 0 Å². The van der Waals surface area contributed by atoms with Crippen molar-refractivity contribution in [2.45, 2.75) is 38.4 Å². The third-order valence-corrected chi connectivity index (χ3v) is 2.65. The van der Waals surface area contributed by atoms with Crippen LogP contribution in [-0.2, 0) is 0 Å². The average Bonchev–Trinajstić information content (AvgIpc) is 2.49. The Kier molecular flexibility index (Phi) is 3.05. The van der Waals surface area contributed by atoms with Gasteiger partial charge in [0.1, 0.15) is 6.17 Å². The number of nitrogens with two attached hydrogens (primary N) is 1. The van der Waals surface area contributed by atoms with Crippen LogP contribution in [0.25, 0.3) is 0 Å². The van der Waals surface area contributed by atoms with E-state index in [2.05, 4.69) is 6.07 Å². The highest BCUT2D eigenvalue weighted by atomic mass is 19.1. The molecule has 1 fully saturated rings. The second kappa shape index (κ2) is 3.86. The van der Waals surface area contributed by atoms with E-state index >= 15 is 0 Å². The third kappa shape index (κ3) is 1.75. The maximum Gasteiger partial charge on any atom is 0.119 e. The van der Waals surface area contributed by atoms with Crippen LogP contribution in [0.4, 0.5) is 4.39 Å². The second-order valence-corrected chi connectivity index (χ2v) is 3.63. The van der Waals surface area contributed by atoms with Crippen LogP contribution in [0, 0.1) is 23.2 Å². The minimum Gasteiger partial charge on any atom is -0.325 e. The van der Waals surface area contributed by atoms with Gasteiger partial charge in [0.05, 0.1) is 12.0 Å². The van der Waals surface area contributed by atoms with Gasteiger partial charge in [-0.05, 0) is 19.8 Å². The standard InChI is InChI=1S/C9H15FN2/c1-6(12)9(10)8-4-2-3-7(8)5-11/h6-9H,2-4,12H2,1H3/t6-,7?,8?,9+/m0/s1. The molecule has 2 N–H and O–H groups in total. The number of hydrogen-bond donors (Lipinski definition) is 1. The molecule has 0 spiro atoms. The molecule has 0 radical (unpaired) electrons. The molecule has 0 aromatic carbocycles. The van der Waals surface area contributed by atoms with Gasteiger partial charge in [0.15, 0.2) is 0 Å². The Bertz CT molecular complexity index is 185. The van der Waals surface area contributed by atoms with Gasteiger partial charge in [-0.3, -0.25) is 0 Å². The molecular formula is C9H15FN2. The lowest BCUT2D eigenvalue weighted by Gasteiger charge is -2.21. The van der Waals surface area contributed by atoms with E-state index in [4.69, 9.17) is 11.0 Å². The van der Waals surface area contributed by atoms with Gasteiger partial charge in [0, 0.05) is 12.0 Å². The first-order valence-corrected chi connectivity index (χ1v) is 4.46. The topological polar surface area (TPSA) is 49.8 Å². The van der Waals surface area contributed by atoms with Gasteiger partial charge >= 0.3 is 0 Å². The molecule has 0 aromatic heterocycles. The quantitative estimate of drug-likeness (QED) is 0.684. The van der Waals surface area contributed by atoms with E-state index in [-0.39, 0.29) is 11.8 Å². The zero-order chi connectivity index (χ0) is 9.14. The van der Waals surface area contributed by atoms with Crippen molar-refractivity contribution in [3.8, 4) is 6.07 Å². The summed E-state index contributed by atoms with van der Waals surface area (Å²) >= 11 is 0. The van der Waals surface area contributed by atoms with E-state index in [1.165, 1.54) is 0 Å². The van der Waals surface area contributed by atoms with Crippen molar-refractivity contribution in [2.24, 2.45) is 17.6 Å². The van der Waals surface area contributed by atoms with Crippen LogP contribution in [0.2, 0.25) is 0 Å². The van der Waals surface area contributed by atoms with Gasteiger partial charge < -0.3 is 5.73 Å². The predicted octanol–water partition coefficient (Wildman–Crippen LogP) is 1.61. The molecular weight excluding hydrogens is 155 g/mol. The molecule has 0 amide bonds. The number of alkyl halides is 1. The molecule has 2 unspecified atom stereocenters. The summed E-state index contributed by atoms with van der Waals surface area (Å²) < 4.78 is 13.4. The van der Waals surface area contributed by atoms with Crippen LogP contribution in [0.1, 0.15) is 26.2 Å². The predicted molar refractivity (Wildman–Crippen MR) is 45.0 cm³/mol. The minimum atomic E-state index is -1.00. The Morgan fingerprint density at radius 3 is 2.75 bits per heavy atom. The zero-order valence-electron chi connectivity index (χ0n) is 7.33. The van der Waals surface area contributed by atoms with E-state index in [0.717, 1.165) is 19.3 Å². The Morgan fingerprint density at radius 1 is 1.58 bits per heavy atom.